The van der Waals surface area contributed by atoms with E-state index in [1.54, 1.807) is 0 Å². The van der Waals surface area contributed by atoms with Crippen LogP contribution in [0.5, 0.6) is 0 Å². The Morgan fingerprint density at radius 3 is 2.00 bits per heavy atom. The highest BCUT2D eigenvalue weighted by molar-refractivity contribution is 4.74. The number of quaternary nitrogens is 1. The van der Waals surface area contributed by atoms with Gasteiger partial charge in [0.25, 0.3) is 0 Å². The van der Waals surface area contributed by atoms with Gasteiger partial charge in [-0.2, -0.15) is 0 Å². The van der Waals surface area contributed by atoms with Gasteiger partial charge in [-0.3, -0.25) is 0 Å². The predicted molar refractivity (Wildman–Crippen MR) is 65.7 cm³/mol. The van der Waals surface area contributed by atoms with E-state index in [4.69, 9.17) is 0 Å². The molecule has 88 valence electrons. The summed E-state index contributed by atoms with van der Waals surface area (Å²) < 4.78 is 1.46. The molecule has 0 saturated carbocycles. The molecule has 2 fully saturated rings. The van der Waals surface area contributed by atoms with Gasteiger partial charge in [-0.15, -0.1) is 0 Å². The van der Waals surface area contributed by atoms with Gasteiger partial charge in [-0.1, -0.05) is 13.8 Å². The Morgan fingerprint density at radius 2 is 1.40 bits per heavy atom. The Hall–Kier alpha value is -0.0400. The predicted octanol–water partition coefficient (Wildman–Crippen LogP) is 3.44. The molecule has 2 saturated heterocycles. The number of piperidine rings is 1. The van der Waals surface area contributed by atoms with Crippen molar-refractivity contribution in [2.24, 2.45) is 11.8 Å². The second-order valence-corrected chi connectivity index (χ2v) is 6.30. The van der Waals surface area contributed by atoms with Crippen molar-refractivity contribution in [3.63, 3.8) is 0 Å². The molecule has 2 aliphatic rings. The van der Waals surface area contributed by atoms with Crippen LogP contribution in [-0.2, 0) is 0 Å². The van der Waals surface area contributed by atoms with E-state index >= 15 is 0 Å². The average Bonchev–Trinajstić information content (AvgIpc) is 2.42. The van der Waals surface area contributed by atoms with Crippen molar-refractivity contribution >= 4 is 0 Å². The molecular formula is C14H28N+. The number of hydrogen-bond acceptors (Lipinski definition) is 0. The average molecular weight is 210 g/mol. The van der Waals surface area contributed by atoms with Gasteiger partial charge in [0.15, 0.2) is 0 Å². The van der Waals surface area contributed by atoms with Crippen molar-refractivity contribution in [3.8, 4) is 0 Å². The molecule has 0 aromatic rings. The molecular weight excluding hydrogens is 182 g/mol. The quantitative estimate of drug-likeness (QED) is 0.537. The van der Waals surface area contributed by atoms with E-state index in [1.165, 1.54) is 56.2 Å². The molecule has 0 radical (unpaired) electrons. The zero-order chi connectivity index (χ0) is 10.9. The lowest BCUT2D eigenvalue weighted by Crippen LogP contribution is -2.60. The Labute approximate surface area is 95.4 Å². The minimum atomic E-state index is 0.925. The van der Waals surface area contributed by atoms with Gasteiger partial charge in [0.2, 0.25) is 0 Å². The lowest BCUT2D eigenvalue weighted by Gasteiger charge is -2.50. The second kappa shape index (κ2) is 4.45. The molecule has 2 rings (SSSR count). The molecule has 2 aliphatic heterocycles. The first-order valence-corrected chi connectivity index (χ1v) is 7.00. The lowest BCUT2D eigenvalue weighted by atomic mass is 9.82. The number of rotatable bonds is 0. The molecule has 3 unspecified atom stereocenters. The maximum absolute atomic E-state index is 2.51. The van der Waals surface area contributed by atoms with Crippen LogP contribution in [0.4, 0.5) is 0 Å². The summed E-state index contributed by atoms with van der Waals surface area (Å²) in [5.41, 5.74) is 0. The van der Waals surface area contributed by atoms with E-state index in [0.717, 1.165) is 17.9 Å². The Kier molecular flexibility index (Phi) is 3.39. The van der Waals surface area contributed by atoms with Crippen LogP contribution >= 0.6 is 0 Å². The topological polar surface area (TPSA) is 0 Å². The van der Waals surface area contributed by atoms with Crippen LogP contribution in [0.1, 0.15) is 52.9 Å². The number of hydrogen-bond donors (Lipinski definition) is 0. The summed E-state index contributed by atoms with van der Waals surface area (Å²) in [7, 11) is 0. The fourth-order valence-electron chi connectivity index (χ4n) is 3.87. The molecule has 0 aromatic heterocycles. The number of nitrogens with zero attached hydrogens (tertiary/aromatic N) is 1. The molecule has 0 amide bonds. The summed E-state index contributed by atoms with van der Waals surface area (Å²) in [5.74, 6) is 1.89. The van der Waals surface area contributed by atoms with Crippen molar-refractivity contribution in [2.75, 3.05) is 19.6 Å². The van der Waals surface area contributed by atoms with Crippen LogP contribution in [0.15, 0.2) is 0 Å². The Morgan fingerprint density at radius 1 is 0.800 bits per heavy atom. The van der Waals surface area contributed by atoms with Crippen molar-refractivity contribution in [1.82, 2.24) is 0 Å². The zero-order valence-electron chi connectivity index (χ0n) is 10.8. The zero-order valence-corrected chi connectivity index (χ0v) is 10.8. The first kappa shape index (κ1) is 11.4. The third-order valence-electron chi connectivity index (χ3n) is 5.23. The Bertz CT molecular complexity index is 203. The summed E-state index contributed by atoms with van der Waals surface area (Å²) in [6, 6.07) is 0.925. The molecule has 0 N–H and O–H groups in total. The first-order chi connectivity index (χ1) is 7.14. The SMILES string of the molecule is CC1CC(C)[N+]2(CCCCCC2)CC1C. The van der Waals surface area contributed by atoms with Crippen molar-refractivity contribution in [2.45, 2.75) is 58.9 Å². The maximum Gasteiger partial charge on any atom is 0.0864 e. The summed E-state index contributed by atoms with van der Waals surface area (Å²) in [5, 5.41) is 0. The van der Waals surface area contributed by atoms with Gasteiger partial charge in [-0.05, 0) is 38.5 Å². The maximum atomic E-state index is 2.51. The molecule has 1 nitrogen and oxygen atoms in total. The van der Waals surface area contributed by atoms with Crippen LogP contribution in [0.3, 0.4) is 0 Å². The van der Waals surface area contributed by atoms with Crippen molar-refractivity contribution < 1.29 is 4.48 Å². The minimum absolute atomic E-state index is 0.925. The highest BCUT2D eigenvalue weighted by Gasteiger charge is 2.41. The molecule has 0 aromatic carbocycles. The normalized spacial score (nSPS) is 41.4. The van der Waals surface area contributed by atoms with Gasteiger partial charge < -0.3 is 4.48 Å². The van der Waals surface area contributed by atoms with Crippen molar-refractivity contribution in [1.29, 1.82) is 0 Å². The largest absolute Gasteiger partial charge is 0.321 e. The first-order valence-electron chi connectivity index (χ1n) is 7.00. The standard InChI is InChI=1S/C14H28N/c1-12-10-14(3)15(11-13(12)2)8-6-4-5-7-9-15/h12-14H,4-11H2,1-3H3/q+1. The van der Waals surface area contributed by atoms with E-state index < -0.39 is 0 Å². The van der Waals surface area contributed by atoms with E-state index in [2.05, 4.69) is 20.8 Å². The van der Waals surface area contributed by atoms with Crippen LogP contribution < -0.4 is 0 Å². The highest BCUT2D eigenvalue weighted by atomic mass is 15.4. The summed E-state index contributed by atoms with van der Waals surface area (Å²) in [6.07, 6.45) is 7.38. The molecule has 1 heteroatoms. The Balaban J connectivity index is 2.10. The monoisotopic (exact) mass is 210 g/mol. The van der Waals surface area contributed by atoms with Crippen molar-refractivity contribution in [3.05, 3.63) is 0 Å². The fraction of sp³-hybridized carbons (Fsp3) is 1.00. The molecule has 2 heterocycles. The third-order valence-corrected chi connectivity index (χ3v) is 5.23. The molecule has 0 bridgehead atoms. The molecule has 1 spiro atoms. The fourth-order valence-corrected chi connectivity index (χ4v) is 3.87. The highest BCUT2D eigenvalue weighted by Crippen LogP contribution is 2.35. The van der Waals surface area contributed by atoms with Crippen LogP contribution in [0.2, 0.25) is 0 Å². The third kappa shape index (κ3) is 2.22. The van der Waals surface area contributed by atoms with Crippen LogP contribution in [-0.4, -0.2) is 30.2 Å². The molecule has 0 aliphatic carbocycles. The van der Waals surface area contributed by atoms with Gasteiger partial charge in [-0.25, -0.2) is 0 Å². The lowest BCUT2D eigenvalue weighted by molar-refractivity contribution is -0.957. The van der Waals surface area contributed by atoms with E-state index in [1.807, 2.05) is 0 Å². The second-order valence-electron chi connectivity index (χ2n) is 6.30. The summed E-state index contributed by atoms with van der Waals surface area (Å²) >= 11 is 0. The van der Waals surface area contributed by atoms with Gasteiger partial charge in [0.05, 0.1) is 25.7 Å². The summed E-state index contributed by atoms with van der Waals surface area (Å²) in [6.45, 7) is 11.8. The molecule has 3 atom stereocenters. The van der Waals surface area contributed by atoms with Gasteiger partial charge >= 0.3 is 0 Å². The smallest absolute Gasteiger partial charge is 0.0864 e. The van der Waals surface area contributed by atoms with E-state index in [-0.39, 0.29) is 0 Å². The van der Waals surface area contributed by atoms with Crippen LogP contribution in [0.25, 0.3) is 0 Å². The van der Waals surface area contributed by atoms with Gasteiger partial charge in [0, 0.05) is 12.3 Å². The van der Waals surface area contributed by atoms with Gasteiger partial charge in [0.1, 0.15) is 0 Å². The summed E-state index contributed by atoms with van der Waals surface area (Å²) in [4.78, 5) is 0. The van der Waals surface area contributed by atoms with E-state index in [0.29, 0.717) is 0 Å². The van der Waals surface area contributed by atoms with E-state index in [9.17, 15) is 0 Å². The minimum Gasteiger partial charge on any atom is -0.321 e. The molecule has 15 heavy (non-hydrogen) atoms. The van der Waals surface area contributed by atoms with Crippen LogP contribution in [0, 0.1) is 11.8 Å².